The Hall–Kier alpha value is -2.54. The van der Waals surface area contributed by atoms with E-state index < -0.39 is 11.9 Å². The van der Waals surface area contributed by atoms with Crippen LogP contribution in [0.2, 0.25) is 0 Å². The lowest BCUT2D eigenvalue weighted by molar-refractivity contribution is -0.122. The van der Waals surface area contributed by atoms with Crippen LogP contribution < -0.4 is 10.1 Å². The number of aromatic nitrogens is 2. The number of para-hydroxylation sites is 1. The van der Waals surface area contributed by atoms with Gasteiger partial charge in [-0.05, 0) is 37.3 Å². The Labute approximate surface area is 130 Å². The number of amides is 1. The van der Waals surface area contributed by atoms with Crippen molar-refractivity contribution < 1.29 is 13.9 Å². The number of halogens is 1. The number of hydrogen-bond acceptors (Lipinski definition) is 5. The smallest absolute Gasteiger partial charge is 0.265 e. The van der Waals surface area contributed by atoms with E-state index in [0.717, 1.165) is 17.2 Å². The largest absolute Gasteiger partial charge is 0.478 e. The number of benzene rings is 2. The maximum absolute atomic E-state index is 13.5. The van der Waals surface area contributed by atoms with Crippen LogP contribution in [0.25, 0.3) is 11.0 Å². The van der Waals surface area contributed by atoms with E-state index in [2.05, 4.69) is 14.1 Å². The first-order valence-electron chi connectivity index (χ1n) is 6.58. The van der Waals surface area contributed by atoms with Crippen molar-refractivity contribution in [3.8, 4) is 5.75 Å². The van der Waals surface area contributed by atoms with Gasteiger partial charge in [-0.15, -0.1) is 0 Å². The SMILES string of the molecule is C[C@H](Oc1ccccc1F)C(=O)Nc1ccc2nsnc2c1. The number of rotatable bonds is 4. The van der Waals surface area contributed by atoms with E-state index in [0.29, 0.717) is 11.2 Å². The average Bonchev–Trinajstić information content (AvgIpc) is 2.97. The molecule has 0 radical (unpaired) electrons. The predicted molar refractivity (Wildman–Crippen MR) is 82.5 cm³/mol. The van der Waals surface area contributed by atoms with Crippen LogP contribution in [0.1, 0.15) is 6.92 Å². The van der Waals surface area contributed by atoms with Gasteiger partial charge in [0.15, 0.2) is 17.7 Å². The predicted octanol–water partition coefficient (Wildman–Crippen LogP) is 3.24. The molecular weight excluding hydrogens is 305 g/mol. The van der Waals surface area contributed by atoms with Crippen LogP contribution in [0.3, 0.4) is 0 Å². The van der Waals surface area contributed by atoms with Crippen LogP contribution in [0, 0.1) is 5.82 Å². The van der Waals surface area contributed by atoms with E-state index in [-0.39, 0.29) is 11.7 Å². The summed E-state index contributed by atoms with van der Waals surface area (Å²) in [6, 6.07) is 11.2. The molecule has 1 N–H and O–H groups in total. The summed E-state index contributed by atoms with van der Waals surface area (Å²) < 4.78 is 27.0. The van der Waals surface area contributed by atoms with Crippen LogP contribution in [-0.2, 0) is 4.79 Å². The van der Waals surface area contributed by atoms with Crippen molar-refractivity contribution in [2.45, 2.75) is 13.0 Å². The van der Waals surface area contributed by atoms with Crippen molar-refractivity contribution in [2.24, 2.45) is 0 Å². The van der Waals surface area contributed by atoms with E-state index in [1.165, 1.54) is 12.1 Å². The van der Waals surface area contributed by atoms with Crippen molar-refractivity contribution in [3.63, 3.8) is 0 Å². The minimum atomic E-state index is -0.832. The van der Waals surface area contributed by atoms with Crippen LogP contribution in [0.15, 0.2) is 42.5 Å². The van der Waals surface area contributed by atoms with Crippen LogP contribution in [0.4, 0.5) is 10.1 Å². The first-order valence-corrected chi connectivity index (χ1v) is 7.31. The van der Waals surface area contributed by atoms with Crippen molar-refractivity contribution >= 4 is 34.4 Å². The summed E-state index contributed by atoms with van der Waals surface area (Å²) >= 11 is 1.11. The number of nitrogens with one attached hydrogen (secondary N) is 1. The topological polar surface area (TPSA) is 64.1 Å². The van der Waals surface area contributed by atoms with Gasteiger partial charge in [-0.25, -0.2) is 4.39 Å². The van der Waals surface area contributed by atoms with E-state index >= 15 is 0 Å². The fourth-order valence-corrected chi connectivity index (χ4v) is 2.41. The number of fused-ring (bicyclic) bond motifs is 1. The molecule has 0 unspecified atom stereocenters. The Morgan fingerprint density at radius 1 is 1.23 bits per heavy atom. The second-order valence-corrected chi connectivity index (χ2v) is 5.18. The summed E-state index contributed by atoms with van der Waals surface area (Å²) in [5.41, 5.74) is 2.08. The number of hydrogen-bond donors (Lipinski definition) is 1. The summed E-state index contributed by atoms with van der Waals surface area (Å²) in [7, 11) is 0. The van der Waals surface area contributed by atoms with Gasteiger partial charge in [-0.2, -0.15) is 8.75 Å². The van der Waals surface area contributed by atoms with Gasteiger partial charge < -0.3 is 10.1 Å². The van der Waals surface area contributed by atoms with Crippen LogP contribution in [0.5, 0.6) is 5.75 Å². The standard InChI is InChI=1S/C15H12FN3O2S/c1-9(21-14-5-3-2-4-11(14)16)15(20)17-10-6-7-12-13(8-10)19-22-18-12/h2-9H,1H3,(H,17,20)/t9-/m0/s1. The Kier molecular flexibility index (Phi) is 3.97. The maximum atomic E-state index is 13.5. The molecule has 3 aromatic rings. The van der Waals surface area contributed by atoms with Crippen molar-refractivity contribution in [1.29, 1.82) is 0 Å². The molecule has 7 heteroatoms. The fourth-order valence-electron chi connectivity index (χ4n) is 1.89. The van der Waals surface area contributed by atoms with Gasteiger partial charge in [0.05, 0.1) is 11.7 Å². The number of carbonyl (C=O) groups excluding carboxylic acids is 1. The molecule has 0 aliphatic carbocycles. The zero-order valence-corrected chi connectivity index (χ0v) is 12.4. The summed E-state index contributed by atoms with van der Waals surface area (Å²) in [5.74, 6) is -0.827. The third-order valence-electron chi connectivity index (χ3n) is 3.03. The number of ether oxygens (including phenoxy) is 1. The second kappa shape index (κ2) is 6.07. The zero-order valence-electron chi connectivity index (χ0n) is 11.6. The lowest BCUT2D eigenvalue weighted by Crippen LogP contribution is -2.30. The van der Waals surface area contributed by atoms with Gasteiger partial charge in [0.25, 0.3) is 5.91 Å². The number of nitrogens with zero attached hydrogens (tertiary/aromatic N) is 2. The van der Waals surface area contributed by atoms with Gasteiger partial charge >= 0.3 is 0 Å². The van der Waals surface area contributed by atoms with E-state index in [1.54, 1.807) is 37.3 Å². The third-order valence-corrected chi connectivity index (χ3v) is 3.59. The van der Waals surface area contributed by atoms with Gasteiger partial charge in [-0.1, -0.05) is 12.1 Å². The molecule has 2 aromatic carbocycles. The Morgan fingerprint density at radius 3 is 2.82 bits per heavy atom. The van der Waals surface area contributed by atoms with E-state index in [1.807, 2.05) is 0 Å². The Balaban J connectivity index is 1.69. The highest BCUT2D eigenvalue weighted by Crippen LogP contribution is 2.19. The molecule has 3 rings (SSSR count). The lowest BCUT2D eigenvalue weighted by atomic mass is 10.2. The molecule has 1 atom stereocenters. The molecule has 5 nitrogen and oxygen atoms in total. The normalized spacial score (nSPS) is 12.1. The van der Waals surface area contributed by atoms with E-state index in [4.69, 9.17) is 4.74 Å². The molecule has 0 fully saturated rings. The highest BCUT2D eigenvalue weighted by atomic mass is 32.1. The van der Waals surface area contributed by atoms with Crippen molar-refractivity contribution in [1.82, 2.24) is 8.75 Å². The number of anilines is 1. The second-order valence-electron chi connectivity index (χ2n) is 4.65. The molecule has 0 aliphatic rings. The van der Waals surface area contributed by atoms with Crippen molar-refractivity contribution in [2.75, 3.05) is 5.32 Å². The maximum Gasteiger partial charge on any atom is 0.265 e. The minimum absolute atomic E-state index is 0.0457. The molecule has 1 aromatic heterocycles. The first-order chi connectivity index (χ1) is 10.6. The van der Waals surface area contributed by atoms with E-state index in [9.17, 15) is 9.18 Å². The highest BCUT2D eigenvalue weighted by molar-refractivity contribution is 7.00. The zero-order chi connectivity index (χ0) is 15.5. The quantitative estimate of drug-likeness (QED) is 0.802. The molecule has 112 valence electrons. The molecule has 0 saturated heterocycles. The third kappa shape index (κ3) is 3.04. The molecule has 0 spiro atoms. The molecule has 0 bridgehead atoms. The Bertz CT molecular complexity index is 821. The fraction of sp³-hybridized carbons (Fsp3) is 0.133. The van der Waals surface area contributed by atoms with Crippen LogP contribution in [-0.4, -0.2) is 20.8 Å². The summed E-state index contributed by atoms with van der Waals surface area (Å²) in [6.07, 6.45) is -0.832. The van der Waals surface area contributed by atoms with Gasteiger partial charge in [-0.3, -0.25) is 4.79 Å². The molecular formula is C15H12FN3O2S. The summed E-state index contributed by atoms with van der Waals surface area (Å²) in [4.78, 5) is 12.1. The van der Waals surface area contributed by atoms with Gasteiger partial charge in [0.1, 0.15) is 11.0 Å². The lowest BCUT2D eigenvalue weighted by Gasteiger charge is -2.15. The van der Waals surface area contributed by atoms with Crippen molar-refractivity contribution in [3.05, 3.63) is 48.3 Å². The Morgan fingerprint density at radius 2 is 2.00 bits per heavy atom. The highest BCUT2D eigenvalue weighted by Gasteiger charge is 2.16. The molecule has 1 heterocycles. The summed E-state index contributed by atoms with van der Waals surface area (Å²) in [5, 5.41) is 2.71. The average molecular weight is 317 g/mol. The molecule has 0 saturated carbocycles. The number of carbonyl (C=O) groups is 1. The molecule has 0 aliphatic heterocycles. The molecule has 1 amide bonds. The minimum Gasteiger partial charge on any atom is -0.478 e. The summed E-state index contributed by atoms with van der Waals surface area (Å²) in [6.45, 7) is 1.56. The van der Waals surface area contributed by atoms with Crippen LogP contribution >= 0.6 is 11.7 Å². The van der Waals surface area contributed by atoms with Gasteiger partial charge in [0.2, 0.25) is 0 Å². The van der Waals surface area contributed by atoms with Gasteiger partial charge in [0, 0.05) is 5.69 Å². The first kappa shape index (κ1) is 14.4. The molecule has 22 heavy (non-hydrogen) atoms. The monoisotopic (exact) mass is 317 g/mol.